The zero-order valence-electron chi connectivity index (χ0n) is 8.79. The van der Waals surface area contributed by atoms with Gasteiger partial charge in [0.15, 0.2) is 0 Å². The second-order valence-corrected chi connectivity index (χ2v) is 3.44. The van der Waals surface area contributed by atoms with Gasteiger partial charge in [-0.2, -0.15) is 5.26 Å². The molecule has 80 valence electrons. The Bertz CT molecular complexity index is 603. The number of pyridine rings is 1. The van der Waals surface area contributed by atoms with Crippen LogP contribution in [0.4, 0.5) is 0 Å². The predicted octanol–water partition coefficient (Wildman–Crippen LogP) is 0.502. The van der Waals surface area contributed by atoms with Crippen molar-refractivity contribution in [1.29, 1.82) is 5.26 Å². The van der Waals surface area contributed by atoms with Gasteiger partial charge in [-0.25, -0.2) is 9.78 Å². The van der Waals surface area contributed by atoms with Gasteiger partial charge in [0.05, 0.1) is 6.54 Å². The van der Waals surface area contributed by atoms with Crippen LogP contribution in [0.1, 0.15) is 11.3 Å². The van der Waals surface area contributed by atoms with Crippen molar-refractivity contribution >= 4 is 0 Å². The molecule has 0 saturated carbocycles. The Labute approximate surface area is 92.2 Å². The number of rotatable bonds is 2. The van der Waals surface area contributed by atoms with Crippen molar-refractivity contribution in [3.8, 4) is 6.07 Å². The number of nitrogens with zero attached hydrogens (tertiary/aromatic N) is 4. The van der Waals surface area contributed by atoms with Gasteiger partial charge in [-0.15, -0.1) is 0 Å². The molecule has 0 amide bonds. The van der Waals surface area contributed by atoms with Crippen LogP contribution >= 0.6 is 0 Å². The lowest BCUT2D eigenvalue weighted by atomic mass is 10.2. The van der Waals surface area contributed by atoms with Crippen LogP contribution in [0.2, 0.25) is 0 Å². The summed E-state index contributed by atoms with van der Waals surface area (Å²) in [5.41, 5.74) is 1.00. The van der Waals surface area contributed by atoms with E-state index in [9.17, 15) is 4.79 Å². The van der Waals surface area contributed by atoms with E-state index in [2.05, 4.69) is 4.98 Å². The minimum absolute atomic E-state index is 0.104. The molecule has 2 rings (SSSR count). The summed E-state index contributed by atoms with van der Waals surface area (Å²) in [4.78, 5) is 15.5. The van der Waals surface area contributed by atoms with Gasteiger partial charge in [0.2, 0.25) is 0 Å². The fourth-order valence-corrected chi connectivity index (χ4v) is 1.48. The van der Waals surface area contributed by atoms with E-state index in [1.165, 1.54) is 9.13 Å². The summed E-state index contributed by atoms with van der Waals surface area (Å²) >= 11 is 0. The zero-order valence-corrected chi connectivity index (χ0v) is 8.79. The Hall–Kier alpha value is -2.35. The molecule has 0 fully saturated rings. The van der Waals surface area contributed by atoms with Crippen LogP contribution in [0.3, 0.4) is 0 Å². The molecular weight excluding hydrogens is 204 g/mol. The number of hydrogen-bond acceptors (Lipinski definition) is 3. The fourth-order valence-electron chi connectivity index (χ4n) is 1.48. The predicted molar refractivity (Wildman–Crippen MR) is 57.7 cm³/mol. The lowest BCUT2D eigenvalue weighted by Gasteiger charge is -2.02. The average Bonchev–Trinajstić information content (AvgIpc) is 2.62. The van der Waals surface area contributed by atoms with Crippen LogP contribution in [-0.2, 0) is 13.6 Å². The largest absolute Gasteiger partial charge is 0.328 e. The third-order valence-electron chi connectivity index (χ3n) is 2.36. The average molecular weight is 214 g/mol. The van der Waals surface area contributed by atoms with E-state index in [0.717, 1.165) is 5.56 Å². The lowest BCUT2D eigenvalue weighted by molar-refractivity contribution is 0.714. The molecule has 0 aliphatic heterocycles. The first-order valence-corrected chi connectivity index (χ1v) is 4.78. The van der Waals surface area contributed by atoms with Gasteiger partial charge < -0.3 is 4.57 Å². The first kappa shape index (κ1) is 10.2. The van der Waals surface area contributed by atoms with Gasteiger partial charge in [0, 0.05) is 31.2 Å². The van der Waals surface area contributed by atoms with Gasteiger partial charge in [0.1, 0.15) is 11.8 Å². The Morgan fingerprint density at radius 1 is 1.50 bits per heavy atom. The molecular formula is C11H10N4O. The molecule has 0 radical (unpaired) electrons. The molecule has 0 spiro atoms. The molecule has 2 heterocycles. The molecule has 0 bridgehead atoms. The van der Waals surface area contributed by atoms with Crippen LogP contribution in [0, 0.1) is 11.3 Å². The van der Waals surface area contributed by atoms with Gasteiger partial charge >= 0.3 is 5.69 Å². The SMILES string of the molecule is Cn1ccn(Cc2cccnc2C#N)c1=O. The summed E-state index contributed by atoms with van der Waals surface area (Å²) in [6.07, 6.45) is 4.94. The Morgan fingerprint density at radius 3 is 2.94 bits per heavy atom. The highest BCUT2D eigenvalue weighted by atomic mass is 16.1. The van der Waals surface area contributed by atoms with E-state index in [1.807, 2.05) is 6.07 Å². The molecule has 0 aliphatic rings. The molecule has 0 saturated heterocycles. The summed E-state index contributed by atoms with van der Waals surface area (Å²) in [7, 11) is 1.69. The minimum atomic E-state index is -0.104. The quantitative estimate of drug-likeness (QED) is 0.731. The summed E-state index contributed by atoms with van der Waals surface area (Å²) in [6, 6.07) is 5.56. The standard InChI is InChI=1S/C11H10N4O/c1-14-5-6-15(11(14)16)8-9-3-2-4-13-10(9)7-12/h2-6H,8H2,1H3. The van der Waals surface area contributed by atoms with Gasteiger partial charge in [-0.05, 0) is 6.07 Å². The molecule has 2 aromatic heterocycles. The molecule has 0 aliphatic carbocycles. The highest BCUT2D eigenvalue weighted by Gasteiger charge is 2.05. The number of aryl methyl sites for hydroxylation is 1. The van der Waals surface area contributed by atoms with E-state index in [-0.39, 0.29) is 5.69 Å². The molecule has 0 aromatic carbocycles. The molecule has 0 atom stereocenters. The van der Waals surface area contributed by atoms with Crippen LogP contribution in [-0.4, -0.2) is 14.1 Å². The lowest BCUT2D eigenvalue weighted by Crippen LogP contribution is -2.22. The van der Waals surface area contributed by atoms with E-state index in [1.54, 1.807) is 37.8 Å². The van der Waals surface area contributed by atoms with Crippen molar-refractivity contribution in [1.82, 2.24) is 14.1 Å². The highest BCUT2D eigenvalue weighted by molar-refractivity contribution is 5.30. The maximum Gasteiger partial charge on any atom is 0.328 e. The monoisotopic (exact) mass is 214 g/mol. The van der Waals surface area contributed by atoms with Crippen molar-refractivity contribution in [3.05, 3.63) is 52.5 Å². The zero-order chi connectivity index (χ0) is 11.5. The highest BCUT2D eigenvalue weighted by Crippen LogP contribution is 2.05. The van der Waals surface area contributed by atoms with E-state index >= 15 is 0 Å². The van der Waals surface area contributed by atoms with Crippen molar-refractivity contribution in [2.75, 3.05) is 0 Å². The molecule has 5 heteroatoms. The van der Waals surface area contributed by atoms with E-state index in [4.69, 9.17) is 5.26 Å². The third kappa shape index (κ3) is 1.73. The Kier molecular flexibility index (Phi) is 2.56. The Morgan fingerprint density at radius 2 is 2.31 bits per heavy atom. The van der Waals surface area contributed by atoms with E-state index < -0.39 is 0 Å². The van der Waals surface area contributed by atoms with Crippen LogP contribution in [0.15, 0.2) is 35.5 Å². The third-order valence-corrected chi connectivity index (χ3v) is 2.36. The second kappa shape index (κ2) is 4.03. The van der Waals surface area contributed by atoms with Crippen LogP contribution in [0.5, 0.6) is 0 Å². The molecule has 5 nitrogen and oxygen atoms in total. The van der Waals surface area contributed by atoms with Gasteiger partial charge in [0.25, 0.3) is 0 Å². The van der Waals surface area contributed by atoms with Crippen LogP contribution in [0.25, 0.3) is 0 Å². The van der Waals surface area contributed by atoms with Crippen molar-refractivity contribution in [2.45, 2.75) is 6.54 Å². The van der Waals surface area contributed by atoms with Crippen LogP contribution < -0.4 is 5.69 Å². The maximum absolute atomic E-state index is 11.6. The van der Waals surface area contributed by atoms with Gasteiger partial charge in [-0.1, -0.05) is 6.07 Å². The number of nitriles is 1. The first-order valence-electron chi connectivity index (χ1n) is 4.78. The molecule has 0 N–H and O–H groups in total. The first-order chi connectivity index (χ1) is 7.72. The van der Waals surface area contributed by atoms with Crippen molar-refractivity contribution in [2.24, 2.45) is 7.05 Å². The summed E-state index contributed by atoms with van der Waals surface area (Å²) in [5, 5.41) is 8.87. The summed E-state index contributed by atoms with van der Waals surface area (Å²) in [5.74, 6) is 0. The fraction of sp³-hybridized carbons (Fsp3) is 0.182. The smallest absolute Gasteiger partial charge is 0.302 e. The normalized spacial score (nSPS) is 10.0. The number of imidazole rings is 1. The topological polar surface area (TPSA) is 63.6 Å². The molecule has 0 unspecified atom stereocenters. The number of aromatic nitrogens is 3. The minimum Gasteiger partial charge on any atom is -0.302 e. The van der Waals surface area contributed by atoms with Crippen molar-refractivity contribution < 1.29 is 0 Å². The maximum atomic E-state index is 11.6. The van der Waals surface area contributed by atoms with Crippen molar-refractivity contribution in [3.63, 3.8) is 0 Å². The summed E-state index contributed by atoms with van der Waals surface area (Å²) < 4.78 is 3.03. The Balaban J connectivity index is 2.39. The van der Waals surface area contributed by atoms with E-state index in [0.29, 0.717) is 12.2 Å². The second-order valence-electron chi connectivity index (χ2n) is 3.44. The number of hydrogen-bond donors (Lipinski definition) is 0. The van der Waals surface area contributed by atoms with Gasteiger partial charge in [-0.3, -0.25) is 4.57 Å². The molecule has 2 aromatic rings. The summed E-state index contributed by atoms with van der Waals surface area (Å²) in [6.45, 7) is 0.371. The molecule has 16 heavy (non-hydrogen) atoms.